The van der Waals surface area contributed by atoms with E-state index in [1.165, 1.54) is 25.3 Å². The van der Waals surface area contributed by atoms with Crippen LogP contribution in [0.1, 0.15) is 29.3 Å². The molecule has 0 radical (unpaired) electrons. The van der Waals surface area contributed by atoms with Gasteiger partial charge in [-0.3, -0.25) is 4.79 Å². The van der Waals surface area contributed by atoms with E-state index in [4.69, 9.17) is 4.74 Å². The van der Waals surface area contributed by atoms with Crippen LogP contribution in [0.5, 0.6) is 5.75 Å². The second kappa shape index (κ2) is 6.85. The number of nitrogens with zero attached hydrogens (tertiary/aromatic N) is 1. The third kappa shape index (κ3) is 4.61. The molecule has 5 nitrogen and oxygen atoms in total. The minimum atomic E-state index is -3.17. The van der Waals surface area contributed by atoms with Gasteiger partial charge in [-0.15, -0.1) is 0 Å². The Morgan fingerprint density at radius 3 is 2.45 bits per heavy atom. The number of carbonyl (C=O) groups is 1. The summed E-state index contributed by atoms with van der Waals surface area (Å²) in [7, 11) is -0.143. The monoisotopic (exact) mass is 299 g/mol. The molecule has 0 amide bonds. The summed E-state index contributed by atoms with van der Waals surface area (Å²) in [5.41, 5.74) is 1.51. The van der Waals surface area contributed by atoms with Crippen molar-refractivity contribution in [2.24, 2.45) is 0 Å². The van der Waals surface area contributed by atoms with Crippen LogP contribution in [0.15, 0.2) is 18.2 Å². The molecule has 0 saturated heterocycles. The fourth-order valence-corrected chi connectivity index (χ4v) is 2.48. The minimum Gasteiger partial charge on any atom is -0.493 e. The summed E-state index contributed by atoms with van der Waals surface area (Å²) in [4.78, 5) is 11.2. The Labute approximate surface area is 120 Å². The van der Waals surface area contributed by atoms with E-state index in [9.17, 15) is 13.2 Å². The molecule has 0 unspecified atom stereocenters. The number of benzene rings is 1. The van der Waals surface area contributed by atoms with Gasteiger partial charge in [0.15, 0.2) is 5.78 Å². The first-order valence-corrected chi connectivity index (χ1v) is 7.99. The van der Waals surface area contributed by atoms with Crippen molar-refractivity contribution in [3.8, 4) is 5.75 Å². The van der Waals surface area contributed by atoms with Crippen molar-refractivity contribution >= 4 is 15.8 Å². The Balaban J connectivity index is 2.53. The molecule has 1 aromatic rings. The van der Waals surface area contributed by atoms with Crippen LogP contribution < -0.4 is 4.74 Å². The highest BCUT2D eigenvalue weighted by molar-refractivity contribution is 7.89. The first-order valence-electron chi connectivity index (χ1n) is 6.38. The molecule has 0 spiro atoms. The van der Waals surface area contributed by atoms with E-state index < -0.39 is 10.0 Å². The summed E-state index contributed by atoms with van der Waals surface area (Å²) >= 11 is 0. The highest BCUT2D eigenvalue weighted by Gasteiger charge is 2.13. The summed E-state index contributed by atoms with van der Waals surface area (Å²) < 4.78 is 29.9. The van der Waals surface area contributed by atoms with Crippen LogP contribution in [0, 0.1) is 6.92 Å². The smallest absolute Gasteiger partial charge is 0.213 e. The van der Waals surface area contributed by atoms with E-state index in [-0.39, 0.29) is 11.5 Å². The lowest BCUT2D eigenvalue weighted by Gasteiger charge is -2.12. The maximum atomic E-state index is 11.6. The molecule has 0 fully saturated rings. The zero-order valence-electron chi connectivity index (χ0n) is 12.3. The molecule has 0 aliphatic heterocycles. The third-order valence-electron chi connectivity index (χ3n) is 2.94. The SMILES string of the molecule is CC(=O)c1ccc(OCCCS(=O)(=O)N(C)C)c(C)c1. The van der Waals surface area contributed by atoms with Crippen LogP contribution in [-0.2, 0) is 10.0 Å². The van der Waals surface area contributed by atoms with Gasteiger partial charge in [0.25, 0.3) is 0 Å². The fraction of sp³-hybridized carbons (Fsp3) is 0.500. The lowest BCUT2D eigenvalue weighted by Crippen LogP contribution is -2.25. The topological polar surface area (TPSA) is 63.7 Å². The summed E-state index contributed by atoms with van der Waals surface area (Å²) in [6.07, 6.45) is 0.425. The minimum absolute atomic E-state index is 0.0109. The molecule has 20 heavy (non-hydrogen) atoms. The number of aryl methyl sites for hydroxylation is 1. The summed E-state index contributed by atoms with van der Waals surface area (Å²) in [5.74, 6) is 0.749. The van der Waals surface area contributed by atoms with E-state index >= 15 is 0 Å². The molecule has 0 bridgehead atoms. The number of rotatable bonds is 7. The van der Waals surface area contributed by atoms with E-state index in [0.29, 0.717) is 24.3 Å². The lowest BCUT2D eigenvalue weighted by molar-refractivity contribution is 0.101. The highest BCUT2D eigenvalue weighted by Crippen LogP contribution is 2.19. The Hall–Kier alpha value is -1.40. The predicted molar refractivity (Wildman–Crippen MR) is 78.8 cm³/mol. The molecule has 1 rings (SSSR count). The number of ketones is 1. The average molecular weight is 299 g/mol. The number of sulfonamides is 1. The van der Waals surface area contributed by atoms with Gasteiger partial charge in [0, 0.05) is 19.7 Å². The van der Waals surface area contributed by atoms with Crippen molar-refractivity contribution in [2.75, 3.05) is 26.5 Å². The quantitative estimate of drug-likeness (QED) is 0.569. The van der Waals surface area contributed by atoms with Crippen molar-refractivity contribution < 1.29 is 17.9 Å². The van der Waals surface area contributed by atoms with Gasteiger partial charge < -0.3 is 4.74 Å². The van der Waals surface area contributed by atoms with Gasteiger partial charge in [-0.05, 0) is 44.0 Å². The Morgan fingerprint density at radius 2 is 1.95 bits per heavy atom. The zero-order chi connectivity index (χ0) is 15.3. The van der Waals surface area contributed by atoms with Crippen LogP contribution in [0.25, 0.3) is 0 Å². The van der Waals surface area contributed by atoms with Gasteiger partial charge in [-0.1, -0.05) is 0 Å². The molecule has 112 valence electrons. The highest BCUT2D eigenvalue weighted by atomic mass is 32.2. The van der Waals surface area contributed by atoms with Crippen molar-refractivity contribution in [3.05, 3.63) is 29.3 Å². The van der Waals surface area contributed by atoms with Crippen LogP contribution in [0.4, 0.5) is 0 Å². The van der Waals surface area contributed by atoms with Crippen molar-refractivity contribution in [2.45, 2.75) is 20.3 Å². The Morgan fingerprint density at radius 1 is 1.30 bits per heavy atom. The Bertz CT molecular complexity index is 579. The second-order valence-corrected chi connectivity index (χ2v) is 7.14. The van der Waals surface area contributed by atoms with Crippen molar-refractivity contribution in [3.63, 3.8) is 0 Å². The maximum absolute atomic E-state index is 11.6. The number of Topliss-reactive ketones (excluding diaryl/α,β-unsaturated/α-hetero) is 1. The predicted octanol–water partition coefficient (Wildman–Crippen LogP) is 1.86. The second-order valence-electron chi connectivity index (χ2n) is 4.84. The molecule has 0 N–H and O–H groups in total. The van der Waals surface area contributed by atoms with Crippen LogP contribution >= 0.6 is 0 Å². The average Bonchev–Trinajstić information content (AvgIpc) is 2.35. The molecule has 0 aliphatic rings. The van der Waals surface area contributed by atoms with Gasteiger partial charge in [-0.2, -0.15) is 0 Å². The van der Waals surface area contributed by atoms with Crippen LogP contribution in [0.3, 0.4) is 0 Å². The number of carbonyl (C=O) groups excluding carboxylic acids is 1. The number of hydrogen-bond donors (Lipinski definition) is 0. The summed E-state index contributed by atoms with van der Waals surface area (Å²) in [6.45, 7) is 3.70. The normalized spacial score (nSPS) is 11.7. The van der Waals surface area contributed by atoms with Crippen LogP contribution in [0.2, 0.25) is 0 Å². The lowest BCUT2D eigenvalue weighted by atomic mass is 10.1. The van der Waals surface area contributed by atoms with E-state index in [1.807, 2.05) is 6.92 Å². The van der Waals surface area contributed by atoms with Gasteiger partial charge in [0.1, 0.15) is 5.75 Å². The van der Waals surface area contributed by atoms with E-state index in [1.54, 1.807) is 18.2 Å². The Kier molecular flexibility index (Phi) is 5.71. The molecule has 0 aromatic heterocycles. The largest absolute Gasteiger partial charge is 0.493 e. The molecule has 0 saturated carbocycles. The molecule has 0 atom stereocenters. The number of ether oxygens (including phenoxy) is 1. The first-order chi connectivity index (χ1) is 9.24. The fourth-order valence-electron chi connectivity index (χ4n) is 1.64. The first kappa shape index (κ1) is 16.7. The molecule has 6 heteroatoms. The third-order valence-corrected chi connectivity index (χ3v) is 4.86. The number of hydrogen-bond acceptors (Lipinski definition) is 4. The summed E-state index contributed by atoms with van der Waals surface area (Å²) in [6, 6.07) is 5.22. The zero-order valence-corrected chi connectivity index (χ0v) is 13.2. The van der Waals surface area contributed by atoms with Crippen LogP contribution in [-0.4, -0.2) is 45.0 Å². The van der Waals surface area contributed by atoms with E-state index in [0.717, 1.165) is 5.56 Å². The van der Waals surface area contributed by atoms with Gasteiger partial charge >= 0.3 is 0 Å². The molecular formula is C14H21NO4S. The van der Waals surface area contributed by atoms with Crippen molar-refractivity contribution in [1.29, 1.82) is 0 Å². The molecule has 0 aliphatic carbocycles. The van der Waals surface area contributed by atoms with Gasteiger partial charge in [-0.25, -0.2) is 12.7 Å². The van der Waals surface area contributed by atoms with E-state index in [2.05, 4.69) is 0 Å². The standard InChI is InChI=1S/C14H21NO4S/c1-11-10-13(12(2)16)6-7-14(11)19-8-5-9-20(17,18)15(3)4/h6-7,10H,5,8-9H2,1-4H3. The van der Waals surface area contributed by atoms with Gasteiger partial charge in [0.05, 0.1) is 12.4 Å². The summed E-state index contributed by atoms with van der Waals surface area (Å²) in [5, 5.41) is 0. The maximum Gasteiger partial charge on any atom is 0.213 e. The van der Waals surface area contributed by atoms with Crippen molar-refractivity contribution in [1.82, 2.24) is 4.31 Å². The van der Waals surface area contributed by atoms with Gasteiger partial charge in [0.2, 0.25) is 10.0 Å². The molecule has 0 heterocycles. The molecule has 1 aromatic carbocycles. The molecular weight excluding hydrogens is 278 g/mol.